The molecule has 0 heterocycles. The highest BCUT2D eigenvalue weighted by Gasteiger charge is 1.77. The van der Waals surface area contributed by atoms with Crippen LogP contribution in [0.15, 0.2) is 12.2 Å². The van der Waals surface area contributed by atoms with Crippen molar-refractivity contribution in [2.75, 3.05) is 0 Å². The molecule has 0 aliphatic rings. The van der Waals surface area contributed by atoms with Crippen molar-refractivity contribution in [2.45, 2.75) is 20.8 Å². The molecule has 1 radical (unpaired) electrons. The third-order valence-corrected chi connectivity index (χ3v) is 0.500. The third kappa shape index (κ3) is 10.7. The standard InChI is InChI=1S/C6H11.Al.3H/c1-4-5-6(2)3;;;;/h4-5H,1-3H3;;;;. The molecule has 0 unspecified atom stereocenters. The Kier molecular flexibility index (Phi) is 9.22. The van der Waals surface area contributed by atoms with Crippen molar-refractivity contribution in [1.29, 1.82) is 0 Å². The summed E-state index contributed by atoms with van der Waals surface area (Å²) in [6, 6.07) is 0. The number of rotatable bonds is 1. The van der Waals surface area contributed by atoms with Gasteiger partial charge in [-0.05, 0) is 12.8 Å². The van der Waals surface area contributed by atoms with E-state index < -0.39 is 0 Å². The summed E-state index contributed by atoms with van der Waals surface area (Å²) in [4.78, 5) is 0. The summed E-state index contributed by atoms with van der Waals surface area (Å²) in [5, 5.41) is 0. The lowest BCUT2D eigenvalue weighted by Crippen LogP contribution is -1.69. The minimum Gasteiger partial charge on any atom is -0.0911 e. The molecule has 7 heavy (non-hydrogen) atoms. The first-order valence-electron chi connectivity index (χ1n) is 2.20. The molecule has 0 aromatic rings. The Morgan fingerprint density at radius 1 is 1.29 bits per heavy atom. The van der Waals surface area contributed by atoms with Crippen LogP contribution in [0.5, 0.6) is 0 Å². The third-order valence-electron chi connectivity index (χ3n) is 0.500. The van der Waals surface area contributed by atoms with Gasteiger partial charge in [-0.1, -0.05) is 26.0 Å². The van der Waals surface area contributed by atoms with E-state index in [0.29, 0.717) is 0 Å². The van der Waals surface area contributed by atoms with Crippen LogP contribution < -0.4 is 0 Å². The van der Waals surface area contributed by atoms with Crippen molar-refractivity contribution in [2.24, 2.45) is 0 Å². The highest BCUT2D eigenvalue weighted by atomic mass is 27.0. The number of hydrogen-bond donors (Lipinski definition) is 0. The van der Waals surface area contributed by atoms with Crippen molar-refractivity contribution in [3.8, 4) is 0 Å². The first kappa shape index (κ1) is 10.3. The predicted molar refractivity (Wildman–Crippen MR) is 39.3 cm³/mol. The molecule has 0 amide bonds. The van der Waals surface area contributed by atoms with Crippen LogP contribution in [0.3, 0.4) is 0 Å². The summed E-state index contributed by atoms with van der Waals surface area (Å²) in [6.07, 6.45) is 4.12. The van der Waals surface area contributed by atoms with Gasteiger partial charge >= 0.3 is 0 Å². The maximum atomic E-state index is 2.08. The van der Waals surface area contributed by atoms with Crippen molar-refractivity contribution in [3.05, 3.63) is 18.1 Å². The summed E-state index contributed by atoms with van der Waals surface area (Å²) >= 11 is 0. The van der Waals surface area contributed by atoms with Gasteiger partial charge in [0.25, 0.3) is 0 Å². The first-order valence-corrected chi connectivity index (χ1v) is 2.20. The predicted octanol–water partition coefficient (Wildman–Crippen LogP) is 0.993. The van der Waals surface area contributed by atoms with Crippen LogP contribution in [-0.2, 0) is 0 Å². The van der Waals surface area contributed by atoms with E-state index in [-0.39, 0.29) is 17.4 Å². The summed E-state index contributed by atoms with van der Waals surface area (Å²) in [5.41, 5.74) is 0. The molecular weight excluding hydrogens is 99.0 g/mol. The summed E-state index contributed by atoms with van der Waals surface area (Å²) < 4.78 is 0. The van der Waals surface area contributed by atoms with E-state index in [9.17, 15) is 0 Å². The second-order valence-corrected chi connectivity index (χ2v) is 1.58. The van der Waals surface area contributed by atoms with Gasteiger partial charge in [-0.15, -0.1) is 0 Å². The van der Waals surface area contributed by atoms with E-state index in [1.54, 1.807) is 0 Å². The van der Waals surface area contributed by atoms with Gasteiger partial charge in [0.15, 0.2) is 17.4 Å². The lowest BCUT2D eigenvalue weighted by Gasteiger charge is -1.85. The Labute approximate surface area is 56.7 Å². The van der Waals surface area contributed by atoms with Crippen LogP contribution in [0.25, 0.3) is 0 Å². The van der Waals surface area contributed by atoms with Crippen molar-refractivity contribution in [1.82, 2.24) is 0 Å². The lowest BCUT2D eigenvalue weighted by molar-refractivity contribution is 1.20. The van der Waals surface area contributed by atoms with E-state index >= 15 is 0 Å². The average Bonchev–Trinajstić information content (AvgIpc) is 1.35. The molecule has 0 aromatic heterocycles. The largest absolute Gasteiger partial charge is 0.187 e. The zero-order valence-corrected chi connectivity index (χ0v) is 4.65. The Morgan fingerprint density at radius 3 is 1.71 bits per heavy atom. The smallest absolute Gasteiger partial charge is 0.0911 e. The fraction of sp³-hybridized carbons (Fsp3) is 0.500. The van der Waals surface area contributed by atoms with E-state index in [0.717, 1.165) is 0 Å². The average molecular weight is 113 g/mol. The van der Waals surface area contributed by atoms with Gasteiger partial charge in [-0.25, -0.2) is 0 Å². The zero-order valence-electron chi connectivity index (χ0n) is 4.65. The molecule has 0 saturated carbocycles. The SMILES string of the molecule is CC=C[C](C)C.[AlH3]. The molecule has 0 aliphatic heterocycles. The highest BCUT2D eigenvalue weighted by Crippen LogP contribution is 1.93. The zero-order chi connectivity index (χ0) is 4.99. The van der Waals surface area contributed by atoms with E-state index in [4.69, 9.17) is 0 Å². The molecule has 0 aliphatic carbocycles. The van der Waals surface area contributed by atoms with Crippen molar-refractivity contribution < 1.29 is 0 Å². The van der Waals surface area contributed by atoms with Crippen LogP contribution in [0.2, 0.25) is 0 Å². The lowest BCUT2D eigenvalue weighted by atomic mass is 10.2. The van der Waals surface area contributed by atoms with Gasteiger partial charge < -0.3 is 0 Å². The Morgan fingerprint density at radius 2 is 1.71 bits per heavy atom. The molecule has 0 nitrogen and oxygen atoms in total. The topological polar surface area (TPSA) is 0 Å². The maximum Gasteiger partial charge on any atom is 0.187 e. The van der Waals surface area contributed by atoms with Gasteiger partial charge in [0.05, 0.1) is 0 Å². The molecule has 0 fully saturated rings. The normalized spacial score (nSPS) is 9.71. The second-order valence-electron chi connectivity index (χ2n) is 1.58. The van der Waals surface area contributed by atoms with Crippen LogP contribution in [0, 0.1) is 5.92 Å². The van der Waals surface area contributed by atoms with Crippen LogP contribution in [0.4, 0.5) is 0 Å². The summed E-state index contributed by atoms with van der Waals surface area (Å²) in [7, 11) is 0. The fourth-order valence-corrected chi connectivity index (χ4v) is 0.333. The first-order chi connectivity index (χ1) is 2.77. The molecule has 41 valence electrons. The molecule has 0 aromatic carbocycles. The fourth-order valence-electron chi connectivity index (χ4n) is 0.333. The molecule has 1 heteroatoms. The van der Waals surface area contributed by atoms with Gasteiger partial charge in [-0.2, -0.15) is 0 Å². The van der Waals surface area contributed by atoms with E-state index in [2.05, 4.69) is 19.9 Å². The molecule has 0 N–H and O–H groups in total. The van der Waals surface area contributed by atoms with E-state index in [1.807, 2.05) is 13.0 Å². The van der Waals surface area contributed by atoms with Crippen LogP contribution in [0.1, 0.15) is 20.8 Å². The molecule has 0 saturated heterocycles. The number of allylic oxidation sites excluding steroid dienone is 2. The number of hydrogen-bond acceptors (Lipinski definition) is 0. The van der Waals surface area contributed by atoms with E-state index in [1.165, 1.54) is 5.92 Å². The summed E-state index contributed by atoms with van der Waals surface area (Å²) in [6.45, 7) is 6.19. The highest BCUT2D eigenvalue weighted by molar-refractivity contribution is 5.75. The van der Waals surface area contributed by atoms with Gasteiger partial charge in [-0.3, -0.25) is 0 Å². The molecule has 0 bridgehead atoms. The molecular formula is C6H14Al. The van der Waals surface area contributed by atoms with Crippen molar-refractivity contribution >= 4 is 17.4 Å². The Hall–Kier alpha value is 0.272. The van der Waals surface area contributed by atoms with Gasteiger partial charge in [0.1, 0.15) is 0 Å². The summed E-state index contributed by atoms with van der Waals surface area (Å²) in [5.74, 6) is 1.36. The van der Waals surface area contributed by atoms with Crippen LogP contribution >= 0.6 is 0 Å². The maximum absolute atomic E-state index is 2.08. The van der Waals surface area contributed by atoms with Crippen molar-refractivity contribution in [3.63, 3.8) is 0 Å². The molecule has 0 rings (SSSR count). The molecule has 0 spiro atoms. The van der Waals surface area contributed by atoms with Gasteiger partial charge in [0.2, 0.25) is 0 Å². The monoisotopic (exact) mass is 113 g/mol. The second kappa shape index (κ2) is 6.27. The molecule has 0 atom stereocenters. The quantitative estimate of drug-likeness (QED) is 0.445. The Bertz CT molecular complexity index is 46.1. The minimum absolute atomic E-state index is 0. The van der Waals surface area contributed by atoms with Gasteiger partial charge in [0, 0.05) is 0 Å². The minimum atomic E-state index is 0. The Balaban J connectivity index is 0. The van der Waals surface area contributed by atoms with Crippen LogP contribution in [-0.4, -0.2) is 17.4 Å².